The number of nitrogens with one attached hydrogen (secondary N) is 1. The molecule has 6 nitrogen and oxygen atoms in total. The normalized spacial score (nSPS) is 11.1. The van der Waals surface area contributed by atoms with Crippen LogP contribution in [0.15, 0.2) is 67.9 Å². The van der Waals surface area contributed by atoms with Crippen LogP contribution in [0.3, 0.4) is 0 Å². The molecule has 0 saturated carbocycles. The first-order chi connectivity index (χ1) is 12.7. The maximum absolute atomic E-state index is 12.1. The molecule has 4 rings (SSSR count). The number of benzene rings is 2. The Labute approximate surface area is 157 Å². The minimum Gasteiger partial charge on any atom is -0.338 e. The second-order valence-corrected chi connectivity index (χ2v) is 7.26. The Morgan fingerprint density at radius 2 is 1.88 bits per heavy atom. The molecule has 2 aromatic heterocycles. The number of thioether (sulfide) groups is 2. The van der Waals surface area contributed by atoms with Gasteiger partial charge in [0.25, 0.3) is 5.56 Å². The standard InChI is InChI=1S/C18H14N4O2S2/c1-25-12-8-6-11(7-9-12)16-20-15(24-22-16)10-26-18-19-14-5-3-2-4-13(14)17(23)21-18/h2-9H,10H2,1H3,(H,19,21,23). The van der Waals surface area contributed by atoms with E-state index in [9.17, 15) is 4.79 Å². The third-order valence-electron chi connectivity index (χ3n) is 3.74. The SMILES string of the molecule is CSc1ccc(-c2noc(CSc3nc4ccccc4c(=O)[nH]3)n2)cc1. The zero-order valence-electron chi connectivity index (χ0n) is 13.8. The minimum atomic E-state index is -0.154. The number of aromatic nitrogens is 4. The minimum absolute atomic E-state index is 0.154. The zero-order chi connectivity index (χ0) is 17.9. The number of fused-ring (bicyclic) bond motifs is 1. The van der Waals surface area contributed by atoms with Gasteiger partial charge in [0.05, 0.1) is 16.7 Å². The highest BCUT2D eigenvalue weighted by Crippen LogP contribution is 2.23. The van der Waals surface area contributed by atoms with Crippen LogP contribution in [0.1, 0.15) is 5.89 Å². The van der Waals surface area contributed by atoms with Crippen molar-refractivity contribution < 1.29 is 4.52 Å². The van der Waals surface area contributed by atoms with Gasteiger partial charge in [-0.1, -0.05) is 29.1 Å². The van der Waals surface area contributed by atoms with E-state index in [4.69, 9.17) is 4.52 Å². The van der Waals surface area contributed by atoms with Gasteiger partial charge in [-0.2, -0.15) is 4.98 Å². The van der Waals surface area contributed by atoms with E-state index in [0.29, 0.717) is 33.5 Å². The molecule has 2 aromatic carbocycles. The number of nitrogens with zero attached hydrogens (tertiary/aromatic N) is 3. The summed E-state index contributed by atoms with van der Waals surface area (Å²) >= 11 is 3.03. The lowest BCUT2D eigenvalue weighted by Gasteiger charge is -2.00. The Kier molecular flexibility index (Phi) is 4.77. The van der Waals surface area contributed by atoms with Crippen molar-refractivity contribution in [2.24, 2.45) is 0 Å². The van der Waals surface area contributed by atoms with E-state index in [2.05, 4.69) is 20.1 Å². The maximum Gasteiger partial charge on any atom is 0.259 e. The van der Waals surface area contributed by atoms with Gasteiger partial charge >= 0.3 is 0 Å². The number of hydrogen-bond donors (Lipinski definition) is 1. The van der Waals surface area contributed by atoms with Crippen molar-refractivity contribution in [1.29, 1.82) is 0 Å². The van der Waals surface area contributed by atoms with E-state index in [0.717, 1.165) is 5.56 Å². The molecule has 2 heterocycles. The first kappa shape index (κ1) is 16.9. The van der Waals surface area contributed by atoms with Gasteiger partial charge < -0.3 is 9.51 Å². The maximum atomic E-state index is 12.1. The number of rotatable bonds is 5. The summed E-state index contributed by atoms with van der Waals surface area (Å²) in [4.78, 5) is 24.9. The van der Waals surface area contributed by atoms with Crippen LogP contribution in [0, 0.1) is 0 Å². The molecule has 1 N–H and O–H groups in total. The van der Waals surface area contributed by atoms with Crippen LogP contribution in [-0.2, 0) is 5.75 Å². The Morgan fingerprint density at radius 1 is 1.08 bits per heavy atom. The monoisotopic (exact) mass is 382 g/mol. The first-order valence-electron chi connectivity index (χ1n) is 7.82. The molecule has 0 unspecified atom stereocenters. The summed E-state index contributed by atoms with van der Waals surface area (Å²) in [5.74, 6) is 1.46. The Hall–Kier alpha value is -2.58. The molecule has 0 spiro atoms. The van der Waals surface area contributed by atoms with Crippen LogP contribution in [0.2, 0.25) is 0 Å². The van der Waals surface area contributed by atoms with Crippen LogP contribution < -0.4 is 5.56 Å². The molecule has 0 amide bonds. The van der Waals surface area contributed by atoms with Gasteiger partial charge in [0, 0.05) is 10.5 Å². The molecule has 4 aromatic rings. The van der Waals surface area contributed by atoms with E-state index in [1.54, 1.807) is 17.8 Å². The third kappa shape index (κ3) is 3.51. The van der Waals surface area contributed by atoms with Crippen molar-refractivity contribution in [2.75, 3.05) is 6.26 Å². The van der Waals surface area contributed by atoms with E-state index >= 15 is 0 Å². The highest BCUT2D eigenvalue weighted by molar-refractivity contribution is 7.98. The molecule has 0 radical (unpaired) electrons. The molecule has 26 heavy (non-hydrogen) atoms. The molecule has 0 aliphatic heterocycles. The molecule has 0 aliphatic rings. The Balaban J connectivity index is 1.50. The van der Waals surface area contributed by atoms with Crippen molar-refractivity contribution in [3.63, 3.8) is 0 Å². The highest BCUT2D eigenvalue weighted by atomic mass is 32.2. The van der Waals surface area contributed by atoms with Gasteiger partial charge in [-0.25, -0.2) is 4.98 Å². The number of hydrogen-bond acceptors (Lipinski definition) is 7. The van der Waals surface area contributed by atoms with Crippen molar-refractivity contribution in [1.82, 2.24) is 20.1 Å². The molecule has 130 valence electrons. The lowest BCUT2D eigenvalue weighted by Crippen LogP contribution is -2.08. The summed E-state index contributed by atoms with van der Waals surface area (Å²) in [5.41, 5.74) is 1.41. The smallest absolute Gasteiger partial charge is 0.259 e. The third-order valence-corrected chi connectivity index (χ3v) is 5.34. The molecule has 0 bridgehead atoms. The Morgan fingerprint density at radius 3 is 2.69 bits per heavy atom. The summed E-state index contributed by atoms with van der Waals surface area (Å²) in [7, 11) is 0. The van der Waals surface area contributed by atoms with Crippen LogP contribution in [0.4, 0.5) is 0 Å². The first-order valence-corrected chi connectivity index (χ1v) is 10.0. The quantitative estimate of drug-likeness (QED) is 0.413. The number of para-hydroxylation sites is 1. The predicted octanol–water partition coefficient (Wildman–Crippen LogP) is 3.99. The lowest BCUT2D eigenvalue weighted by molar-refractivity contribution is 0.391. The number of H-pyrrole nitrogens is 1. The average molecular weight is 382 g/mol. The molecular weight excluding hydrogens is 368 g/mol. The fraction of sp³-hybridized carbons (Fsp3) is 0.111. The highest BCUT2D eigenvalue weighted by Gasteiger charge is 2.11. The summed E-state index contributed by atoms with van der Waals surface area (Å²) in [6, 6.07) is 15.2. The Bertz CT molecular complexity index is 1110. The summed E-state index contributed by atoms with van der Waals surface area (Å²) in [5, 5.41) is 5.12. The van der Waals surface area contributed by atoms with Crippen LogP contribution in [-0.4, -0.2) is 26.4 Å². The molecule has 0 fully saturated rings. The van der Waals surface area contributed by atoms with Crippen molar-refractivity contribution in [3.8, 4) is 11.4 Å². The lowest BCUT2D eigenvalue weighted by atomic mass is 10.2. The van der Waals surface area contributed by atoms with Crippen molar-refractivity contribution in [2.45, 2.75) is 15.8 Å². The largest absolute Gasteiger partial charge is 0.338 e. The summed E-state index contributed by atoms with van der Waals surface area (Å²) in [6.45, 7) is 0. The van der Waals surface area contributed by atoms with Gasteiger partial charge in [0.2, 0.25) is 11.7 Å². The fourth-order valence-corrected chi connectivity index (χ4v) is 3.55. The van der Waals surface area contributed by atoms with Crippen molar-refractivity contribution in [3.05, 3.63) is 64.8 Å². The van der Waals surface area contributed by atoms with Crippen molar-refractivity contribution >= 4 is 34.4 Å². The summed E-state index contributed by atoms with van der Waals surface area (Å²) < 4.78 is 5.31. The molecular formula is C18H14N4O2S2. The molecule has 0 atom stereocenters. The predicted molar refractivity (Wildman–Crippen MR) is 103 cm³/mol. The fourth-order valence-electron chi connectivity index (χ4n) is 2.43. The second kappa shape index (κ2) is 7.35. The molecule has 8 heteroatoms. The van der Waals surface area contributed by atoms with E-state index in [1.807, 2.05) is 48.7 Å². The van der Waals surface area contributed by atoms with Crippen LogP contribution >= 0.6 is 23.5 Å². The number of aromatic amines is 1. The molecule has 0 saturated heterocycles. The topological polar surface area (TPSA) is 84.7 Å². The summed E-state index contributed by atoms with van der Waals surface area (Å²) in [6.07, 6.45) is 2.03. The van der Waals surface area contributed by atoms with Gasteiger partial charge in [-0.3, -0.25) is 4.79 Å². The van der Waals surface area contributed by atoms with Gasteiger partial charge in [-0.15, -0.1) is 11.8 Å². The van der Waals surface area contributed by atoms with Crippen LogP contribution in [0.5, 0.6) is 0 Å². The van der Waals surface area contributed by atoms with Gasteiger partial charge in [0.15, 0.2) is 5.16 Å². The van der Waals surface area contributed by atoms with E-state index in [-0.39, 0.29) is 5.56 Å². The second-order valence-electron chi connectivity index (χ2n) is 5.42. The van der Waals surface area contributed by atoms with E-state index < -0.39 is 0 Å². The average Bonchev–Trinajstić information content (AvgIpc) is 3.15. The van der Waals surface area contributed by atoms with Gasteiger partial charge in [-0.05, 0) is 42.7 Å². The zero-order valence-corrected chi connectivity index (χ0v) is 15.4. The molecule has 0 aliphatic carbocycles. The van der Waals surface area contributed by atoms with Gasteiger partial charge in [0.1, 0.15) is 0 Å². The van der Waals surface area contributed by atoms with Crippen LogP contribution in [0.25, 0.3) is 22.3 Å². The van der Waals surface area contributed by atoms with E-state index in [1.165, 1.54) is 16.7 Å².